The molecule has 5 rings (SSSR count). The zero-order valence-electron chi connectivity index (χ0n) is 19.5. The highest BCUT2D eigenvalue weighted by Gasteiger charge is 2.39. The van der Waals surface area contributed by atoms with E-state index in [4.69, 9.17) is 0 Å². The van der Waals surface area contributed by atoms with Crippen LogP contribution >= 0.6 is 0 Å². The summed E-state index contributed by atoms with van der Waals surface area (Å²) in [5, 5.41) is 11.4. The molecule has 1 aliphatic carbocycles. The van der Waals surface area contributed by atoms with Crippen molar-refractivity contribution in [3.63, 3.8) is 0 Å². The molecule has 0 aromatic carbocycles. The maximum absolute atomic E-state index is 13.0. The van der Waals surface area contributed by atoms with E-state index in [-0.39, 0.29) is 29.7 Å². The summed E-state index contributed by atoms with van der Waals surface area (Å²) in [5.41, 5.74) is 1.29. The van der Waals surface area contributed by atoms with Gasteiger partial charge < -0.3 is 24.3 Å². The van der Waals surface area contributed by atoms with Crippen molar-refractivity contribution >= 4 is 11.9 Å². The van der Waals surface area contributed by atoms with E-state index < -0.39 is 5.97 Å². The first-order valence-corrected chi connectivity index (χ1v) is 13.0. The number of hydrogen-bond donors (Lipinski definition) is 1. The standard InChI is InChI=1S/C26H37N3O4/c30-24-7-3-6-23-22-12-18(15-29(23)24)14-27(16-22)10-8-21-17-28(11-9-20(21)13-25(31)32)26(33)19-4-1-2-5-19/h3,6-7,18-22H,1-2,4-5,8-17H2,(H,31,32)/t18-,20-,21-,22+/m0/s1. The van der Waals surface area contributed by atoms with Crippen molar-refractivity contribution in [1.29, 1.82) is 0 Å². The van der Waals surface area contributed by atoms with Crippen LogP contribution in [0.4, 0.5) is 0 Å². The van der Waals surface area contributed by atoms with Gasteiger partial charge in [-0.25, -0.2) is 0 Å². The van der Waals surface area contributed by atoms with E-state index in [2.05, 4.69) is 6.07 Å². The molecule has 7 heteroatoms. The molecule has 0 spiro atoms. The summed E-state index contributed by atoms with van der Waals surface area (Å²) >= 11 is 0. The van der Waals surface area contributed by atoms with Gasteiger partial charge in [-0.1, -0.05) is 18.9 Å². The van der Waals surface area contributed by atoms with Gasteiger partial charge in [-0.05, 0) is 50.0 Å². The lowest BCUT2D eigenvalue weighted by atomic mass is 9.79. The molecule has 2 saturated heterocycles. The molecule has 1 aromatic rings. The van der Waals surface area contributed by atoms with E-state index in [1.54, 1.807) is 11.0 Å². The Bertz CT molecular complexity index is 938. The molecule has 5 atom stereocenters. The summed E-state index contributed by atoms with van der Waals surface area (Å²) in [4.78, 5) is 40.3. The number of carbonyl (C=O) groups excluding carboxylic acids is 2. The lowest BCUT2D eigenvalue weighted by molar-refractivity contribution is -0.911. The van der Waals surface area contributed by atoms with Crippen LogP contribution in [0.3, 0.4) is 0 Å². The second-order valence-corrected chi connectivity index (χ2v) is 11.0. The average molecular weight is 456 g/mol. The highest BCUT2D eigenvalue weighted by molar-refractivity contribution is 5.79. The van der Waals surface area contributed by atoms with Crippen LogP contribution < -0.4 is 15.6 Å². The van der Waals surface area contributed by atoms with Crippen molar-refractivity contribution in [2.75, 3.05) is 32.7 Å². The number of amides is 1. The Labute approximate surface area is 195 Å². The monoisotopic (exact) mass is 455 g/mol. The number of piperidine rings is 2. The largest absolute Gasteiger partial charge is 0.550 e. The van der Waals surface area contributed by atoms with Crippen LogP contribution in [-0.2, 0) is 16.1 Å². The van der Waals surface area contributed by atoms with Crippen molar-refractivity contribution < 1.29 is 19.6 Å². The highest BCUT2D eigenvalue weighted by Crippen LogP contribution is 2.33. The van der Waals surface area contributed by atoms with Crippen molar-refractivity contribution in [1.82, 2.24) is 9.47 Å². The Morgan fingerprint density at radius 1 is 1.06 bits per heavy atom. The fourth-order valence-electron chi connectivity index (χ4n) is 7.24. The molecule has 0 radical (unpaired) electrons. The third kappa shape index (κ3) is 4.88. The Morgan fingerprint density at radius 2 is 1.88 bits per heavy atom. The molecular weight excluding hydrogens is 418 g/mol. The fourth-order valence-corrected chi connectivity index (χ4v) is 7.24. The minimum atomic E-state index is -0.970. The SMILES string of the molecule is O=C([O-])C[C@@H]1CCN(C(=O)C2CCCC2)C[C@@H]1CC[NH+]1C[C@@H]2C[C@H](C1)c1cccc(=O)n1C2. The molecular formula is C26H37N3O4. The minimum Gasteiger partial charge on any atom is -0.550 e. The van der Waals surface area contributed by atoms with E-state index in [1.165, 1.54) is 5.69 Å². The number of nitrogens with one attached hydrogen (secondary N) is 1. The number of pyridine rings is 1. The number of aliphatic carboxylic acids is 1. The second kappa shape index (κ2) is 9.61. The summed E-state index contributed by atoms with van der Waals surface area (Å²) in [7, 11) is 0. The fraction of sp³-hybridized carbons (Fsp3) is 0.731. The topological polar surface area (TPSA) is 86.9 Å². The first kappa shape index (κ1) is 22.6. The van der Waals surface area contributed by atoms with E-state index in [1.807, 2.05) is 15.5 Å². The average Bonchev–Trinajstić information content (AvgIpc) is 3.33. The van der Waals surface area contributed by atoms with Crippen LogP contribution in [0.2, 0.25) is 0 Å². The van der Waals surface area contributed by atoms with Crippen LogP contribution in [0.15, 0.2) is 23.0 Å². The number of quaternary nitrogens is 1. The molecule has 180 valence electrons. The maximum atomic E-state index is 13.0. The molecule has 1 amide bonds. The van der Waals surface area contributed by atoms with Crippen molar-refractivity contribution in [3.05, 3.63) is 34.2 Å². The van der Waals surface area contributed by atoms with Gasteiger partial charge in [0, 0.05) is 61.5 Å². The quantitative estimate of drug-likeness (QED) is 0.656. The summed E-state index contributed by atoms with van der Waals surface area (Å²) < 4.78 is 1.97. The van der Waals surface area contributed by atoms with Crippen LogP contribution in [0.5, 0.6) is 0 Å². The zero-order valence-corrected chi connectivity index (χ0v) is 19.5. The number of carboxylic acids is 1. The Morgan fingerprint density at radius 3 is 2.67 bits per heavy atom. The van der Waals surface area contributed by atoms with Crippen molar-refractivity contribution in [2.24, 2.45) is 23.7 Å². The number of fused-ring (bicyclic) bond motifs is 4. The molecule has 4 heterocycles. The summed E-state index contributed by atoms with van der Waals surface area (Å²) in [6, 6.07) is 5.65. The Hall–Kier alpha value is -2.15. The molecule has 7 nitrogen and oxygen atoms in total. The Kier molecular flexibility index (Phi) is 6.59. The second-order valence-electron chi connectivity index (χ2n) is 11.0. The van der Waals surface area contributed by atoms with Crippen LogP contribution in [0, 0.1) is 23.7 Å². The molecule has 2 bridgehead atoms. The van der Waals surface area contributed by atoms with Crippen LogP contribution in [-0.4, -0.2) is 54.1 Å². The maximum Gasteiger partial charge on any atom is 0.250 e. The number of carbonyl (C=O) groups is 2. The molecule has 3 aliphatic heterocycles. The normalized spacial score (nSPS) is 31.9. The minimum absolute atomic E-state index is 0.102. The zero-order chi connectivity index (χ0) is 22.9. The van der Waals surface area contributed by atoms with Gasteiger partial charge in [0.15, 0.2) is 0 Å². The van der Waals surface area contributed by atoms with Gasteiger partial charge in [0.1, 0.15) is 0 Å². The van der Waals surface area contributed by atoms with Gasteiger partial charge in [-0.3, -0.25) is 9.59 Å². The number of carboxylic acid groups (broad SMARTS) is 1. The van der Waals surface area contributed by atoms with E-state index >= 15 is 0 Å². The van der Waals surface area contributed by atoms with E-state index in [0.717, 1.165) is 71.1 Å². The highest BCUT2D eigenvalue weighted by atomic mass is 16.4. The van der Waals surface area contributed by atoms with Gasteiger partial charge in [-0.2, -0.15) is 0 Å². The van der Waals surface area contributed by atoms with E-state index in [0.29, 0.717) is 30.8 Å². The summed E-state index contributed by atoms with van der Waals surface area (Å²) in [5.74, 6) is 0.786. The molecule has 3 fully saturated rings. The third-order valence-electron chi connectivity index (χ3n) is 8.88. The first-order valence-electron chi connectivity index (χ1n) is 13.0. The van der Waals surface area contributed by atoms with Gasteiger partial charge >= 0.3 is 0 Å². The van der Waals surface area contributed by atoms with E-state index in [9.17, 15) is 19.5 Å². The van der Waals surface area contributed by atoms with Gasteiger partial charge in [0.25, 0.3) is 5.56 Å². The van der Waals surface area contributed by atoms with Crippen molar-refractivity contribution in [2.45, 2.75) is 63.8 Å². The van der Waals surface area contributed by atoms with Crippen molar-refractivity contribution in [3.8, 4) is 0 Å². The predicted molar refractivity (Wildman–Crippen MR) is 121 cm³/mol. The molecule has 1 aromatic heterocycles. The van der Waals surface area contributed by atoms with Gasteiger partial charge in [-0.15, -0.1) is 0 Å². The first-order chi connectivity index (χ1) is 16.0. The number of rotatable bonds is 6. The smallest absolute Gasteiger partial charge is 0.250 e. The van der Waals surface area contributed by atoms with Crippen LogP contribution in [0.25, 0.3) is 0 Å². The lowest BCUT2D eigenvalue weighted by Gasteiger charge is -2.42. The van der Waals surface area contributed by atoms with Crippen LogP contribution in [0.1, 0.15) is 63.0 Å². The molecule has 1 saturated carbocycles. The third-order valence-corrected chi connectivity index (χ3v) is 8.88. The number of hydrogen-bond acceptors (Lipinski definition) is 4. The Balaban J connectivity index is 1.23. The van der Waals surface area contributed by atoms with Gasteiger partial charge in [0.2, 0.25) is 5.91 Å². The summed E-state index contributed by atoms with van der Waals surface area (Å²) in [6.45, 7) is 5.31. The molecule has 4 aliphatic rings. The lowest BCUT2D eigenvalue weighted by Crippen LogP contribution is -3.14. The number of likely N-dealkylation sites (tertiary alicyclic amines) is 2. The molecule has 33 heavy (non-hydrogen) atoms. The predicted octanol–water partition coefficient (Wildman–Crippen LogP) is 0.0353. The summed E-state index contributed by atoms with van der Waals surface area (Å²) in [6.07, 6.45) is 7.30. The number of nitrogens with zero attached hydrogens (tertiary/aromatic N) is 2. The van der Waals surface area contributed by atoms with Gasteiger partial charge in [0.05, 0.1) is 19.6 Å². The molecule has 1 N–H and O–H groups in total. The molecule has 1 unspecified atom stereocenters. The number of aromatic nitrogens is 1.